The molecule has 0 aromatic carbocycles. The van der Waals surface area contributed by atoms with E-state index in [1.165, 1.54) is 14.2 Å². The zero-order valence-electron chi connectivity index (χ0n) is 8.69. The zero-order valence-corrected chi connectivity index (χ0v) is 9.45. The molecule has 0 fully saturated rings. The lowest BCUT2D eigenvalue weighted by molar-refractivity contribution is 0.372. The van der Waals surface area contributed by atoms with Gasteiger partial charge in [-0.05, 0) is 0 Å². The molecule has 0 spiro atoms. The van der Waals surface area contributed by atoms with Crippen LogP contribution in [0.5, 0.6) is 11.8 Å². The average Bonchev–Trinajstić information content (AvgIpc) is 2.74. The minimum Gasteiger partial charge on any atom is -0.481 e. The van der Waals surface area contributed by atoms with Gasteiger partial charge in [0.2, 0.25) is 11.8 Å². The van der Waals surface area contributed by atoms with Crippen molar-refractivity contribution in [3.05, 3.63) is 17.3 Å². The monoisotopic (exact) mass is 240 g/mol. The second kappa shape index (κ2) is 4.36. The summed E-state index contributed by atoms with van der Waals surface area (Å²) in [6.45, 7) is 0. The van der Waals surface area contributed by atoms with Gasteiger partial charge in [0.1, 0.15) is 5.69 Å². The number of aromatic amines is 1. The molecular formula is C9H9ClN4O2. The van der Waals surface area contributed by atoms with E-state index in [1.807, 2.05) is 0 Å². The number of H-pyrrole nitrogens is 1. The number of ether oxygens (including phenoxy) is 2. The third-order valence-electron chi connectivity index (χ3n) is 1.90. The largest absolute Gasteiger partial charge is 0.481 e. The summed E-state index contributed by atoms with van der Waals surface area (Å²) in [5.41, 5.74) is 0.457. The maximum Gasteiger partial charge on any atom is 0.220 e. The Bertz CT molecular complexity index is 478. The first-order valence-corrected chi connectivity index (χ1v) is 4.79. The van der Waals surface area contributed by atoms with Crippen molar-refractivity contribution >= 4 is 11.6 Å². The van der Waals surface area contributed by atoms with Crippen LogP contribution in [0.15, 0.2) is 12.3 Å². The highest BCUT2D eigenvalue weighted by Gasteiger charge is 2.13. The highest BCUT2D eigenvalue weighted by molar-refractivity contribution is 6.32. The minimum atomic E-state index is 0.349. The van der Waals surface area contributed by atoms with E-state index in [9.17, 15) is 0 Å². The Morgan fingerprint density at radius 1 is 1.19 bits per heavy atom. The van der Waals surface area contributed by atoms with Gasteiger partial charge in [-0.1, -0.05) is 11.6 Å². The number of halogens is 1. The predicted octanol–water partition coefficient (Wildman–Crippen LogP) is 1.54. The van der Waals surface area contributed by atoms with Gasteiger partial charge in [0.05, 0.1) is 25.3 Å². The maximum atomic E-state index is 5.91. The molecule has 1 N–H and O–H groups in total. The van der Waals surface area contributed by atoms with E-state index in [0.29, 0.717) is 28.3 Å². The number of nitrogens with zero attached hydrogens (tertiary/aromatic N) is 3. The summed E-state index contributed by atoms with van der Waals surface area (Å²) >= 11 is 5.91. The van der Waals surface area contributed by atoms with Gasteiger partial charge >= 0.3 is 0 Å². The molecule has 2 aromatic rings. The van der Waals surface area contributed by atoms with Crippen LogP contribution in [-0.2, 0) is 0 Å². The molecule has 2 heterocycles. The molecule has 0 aliphatic heterocycles. The van der Waals surface area contributed by atoms with Crippen molar-refractivity contribution in [3.8, 4) is 23.3 Å². The van der Waals surface area contributed by atoms with Crippen LogP contribution in [0.25, 0.3) is 11.5 Å². The van der Waals surface area contributed by atoms with Gasteiger partial charge in [-0.3, -0.25) is 5.10 Å². The van der Waals surface area contributed by atoms with Crippen molar-refractivity contribution in [1.29, 1.82) is 0 Å². The fourth-order valence-corrected chi connectivity index (χ4v) is 1.33. The molecule has 0 saturated carbocycles. The normalized spacial score (nSPS) is 10.2. The van der Waals surface area contributed by atoms with Crippen molar-refractivity contribution < 1.29 is 9.47 Å². The smallest absolute Gasteiger partial charge is 0.220 e. The summed E-state index contributed by atoms with van der Waals surface area (Å²) in [6, 6.07) is 1.57. The Morgan fingerprint density at radius 2 is 1.81 bits per heavy atom. The predicted molar refractivity (Wildman–Crippen MR) is 57.7 cm³/mol. The fourth-order valence-electron chi connectivity index (χ4n) is 1.15. The lowest BCUT2D eigenvalue weighted by Gasteiger charge is -2.04. The first-order chi connectivity index (χ1) is 7.74. The summed E-state index contributed by atoms with van der Waals surface area (Å²) in [4.78, 5) is 8.25. The van der Waals surface area contributed by atoms with E-state index >= 15 is 0 Å². The second-order valence-electron chi connectivity index (χ2n) is 2.86. The van der Waals surface area contributed by atoms with Crippen molar-refractivity contribution in [3.63, 3.8) is 0 Å². The van der Waals surface area contributed by atoms with Crippen LogP contribution in [0.3, 0.4) is 0 Å². The number of nitrogens with one attached hydrogen (secondary N) is 1. The molecular weight excluding hydrogens is 232 g/mol. The van der Waals surface area contributed by atoms with Crippen LogP contribution < -0.4 is 9.47 Å². The number of hydrogen-bond donors (Lipinski definition) is 1. The SMILES string of the molecule is COc1cc(OC)nc(-c2n[nH]cc2Cl)n1. The standard InChI is InChI=1S/C9H9ClN4O2/c1-15-6-3-7(16-2)13-9(12-6)8-5(10)4-11-14-8/h3-4H,1-2H3,(H,11,14). The van der Waals surface area contributed by atoms with Gasteiger partial charge < -0.3 is 9.47 Å². The Labute approximate surface area is 96.6 Å². The highest BCUT2D eigenvalue weighted by Crippen LogP contribution is 2.25. The molecule has 0 aliphatic rings. The molecule has 84 valence electrons. The molecule has 6 nitrogen and oxygen atoms in total. The molecule has 0 aliphatic carbocycles. The van der Waals surface area contributed by atoms with Crippen molar-refractivity contribution in [2.24, 2.45) is 0 Å². The number of methoxy groups -OCH3 is 2. The van der Waals surface area contributed by atoms with Crippen LogP contribution in [0, 0.1) is 0 Å². The fraction of sp³-hybridized carbons (Fsp3) is 0.222. The molecule has 7 heteroatoms. The summed E-state index contributed by atoms with van der Waals surface area (Å²) in [5, 5.41) is 7.01. The van der Waals surface area contributed by atoms with Crippen molar-refractivity contribution in [2.45, 2.75) is 0 Å². The van der Waals surface area contributed by atoms with Crippen LogP contribution in [0.1, 0.15) is 0 Å². The van der Waals surface area contributed by atoms with Gasteiger partial charge in [0.25, 0.3) is 0 Å². The van der Waals surface area contributed by atoms with Gasteiger partial charge in [0, 0.05) is 6.20 Å². The average molecular weight is 241 g/mol. The number of rotatable bonds is 3. The first kappa shape index (κ1) is 10.7. The van der Waals surface area contributed by atoms with Gasteiger partial charge in [-0.2, -0.15) is 15.1 Å². The van der Waals surface area contributed by atoms with E-state index in [4.69, 9.17) is 21.1 Å². The van der Waals surface area contributed by atoms with E-state index in [1.54, 1.807) is 12.3 Å². The van der Waals surface area contributed by atoms with E-state index < -0.39 is 0 Å². The summed E-state index contributed by atoms with van der Waals surface area (Å²) < 4.78 is 10.0. The molecule has 0 bridgehead atoms. The van der Waals surface area contributed by atoms with Gasteiger partial charge in [-0.25, -0.2) is 0 Å². The minimum absolute atomic E-state index is 0.349. The lowest BCUT2D eigenvalue weighted by atomic mass is 10.4. The van der Waals surface area contributed by atoms with Crippen LogP contribution >= 0.6 is 11.6 Å². The highest BCUT2D eigenvalue weighted by atomic mass is 35.5. The third kappa shape index (κ3) is 1.92. The summed E-state index contributed by atoms with van der Waals surface area (Å²) in [7, 11) is 3.02. The van der Waals surface area contributed by atoms with E-state index in [-0.39, 0.29) is 0 Å². The molecule has 0 atom stereocenters. The zero-order chi connectivity index (χ0) is 11.5. The van der Waals surface area contributed by atoms with Crippen molar-refractivity contribution in [1.82, 2.24) is 20.2 Å². The Balaban J connectivity index is 2.52. The Hall–Kier alpha value is -1.82. The topological polar surface area (TPSA) is 72.9 Å². The van der Waals surface area contributed by atoms with Crippen LogP contribution in [-0.4, -0.2) is 34.4 Å². The molecule has 16 heavy (non-hydrogen) atoms. The van der Waals surface area contributed by atoms with Crippen molar-refractivity contribution in [2.75, 3.05) is 14.2 Å². The van der Waals surface area contributed by atoms with Gasteiger partial charge in [0.15, 0.2) is 5.82 Å². The first-order valence-electron chi connectivity index (χ1n) is 4.41. The van der Waals surface area contributed by atoms with Gasteiger partial charge in [-0.15, -0.1) is 0 Å². The molecule has 0 amide bonds. The summed E-state index contributed by atoms with van der Waals surface area (Å²) in [5.74, 6) is 1.13. The number of hydrogen-bond acceptors (Lipinski definition) is 5. The van der Waals surface area contributed by atoms with E-state index in [0.717, 1.165) is 0 Å². The molecule has 2 aromatic heterocycles. The molecule has 0 unspecified atom stereocenters. The quantitative estimate of drug-likeness (QED) is 0.881. The molecule has 2 rings (SSSR count). The third-order valence-corrected chi connectivity index (χ3v) is 2.19. The second-order valence-corrected chi connectivity index (χ2v) is 3.27. The number of aromatic nitrogens is 4. The van der Waals surface area contributed by atoms with E-state index in [2.05, 4.69) is 20.2 Å². The molecule has 0 saturated heterocycles. The Morgan fingerprint density at radius 3 is 2.25 bits per heavy atom. The maximum absolute atomic E-state index is 5.91. The summed E-state index contributed by atoms with van der Waals surface area (Å²) in [6.07, 6.45) is 1.55. The van der Waals surface area contributed by atoms with Crippen LogP contribution in [0.4, 0.5) is 0 Å². The van der Waals surface area contributed by atoms with Crippen LogP contribution in [0.2, 0.25) is 5.02 Å². The molecule has 0 radical (unpaired) electrons. The lowest BCUT2D eigenvalue weighted by Crippen LogP contribution is -1.97. The Kier molecular flexibility index (Phi) is 2.91.